The van der Waals surface area contributed by atoms with Crippen LogP contribution in [0.5, 0.6) is 0 Å². The number of anilines is 1. The molecule has 7 heteroatoms. The average molecular weight is 300 g/mol. The molecule has 0 amide bonds. The van der Waals surface area contributed by atoms with Crippen LogP contribution >= 0.6 is 23.2 Å². The van der Waals surface area contributed by atoms with Crippen molar-refractivity contribution in [3.8, 4) is 0 Å². The molecule has 0 unspecified atom stereocenters. The Hall–Kier alpha value is -1.33. The van der Waals surface area contributed by atoms with Gasteiger partial charge in [-0.2, -0.15) is 0 Å². The molecule has 5 nitrogen and oxygen atoms in total. The lowest BCUT2D eigenvalue weighted by atomic mass is 10.3. The molecular weight excluding hydrogens is 285 g/mol. The van der Waals surface area contributed by atoms with Gasteiger partial charge in [0.1, 0.15) is 16.7 Å². The molecule has 2 heterocycles. The van der Waals surface area contributed by atoms with Crippen LogP contribution in [0.15, 0.2) is 24.3 Å². The van der Waals surface area contributed by atoms with Crippen LogP contribution in [0.3, 0.4) is 0 Å². The number of aromatic nitrogens is 4. The molecule has 1 N–H and O–H groups in total. The minimum Gasteiger partial charge on any atom is -0.365 e. The highest BCUT2D eigenvalue weighted by Gasteiger charge is 2.11. The van der Waals surface area contributed by atoms with Crippen LogP contribution in [0.25, 0.3) is 11.2 Å². The molecule has 0 aliphatic carbocycles. The standard InChI is InChI=1S/C12H15Cl2N5/c1-8(2)3-4-15-11-10-12(17-6-16-11)19(7-18-10)5-9(13)14/h3,6-7,9H,4-5H2,1-2H3,(H,15,16,17). The fraction of sp³-hybridized carbons (Fsp3) is 0.417. The Morgan fingerprint density at radius 1 is 1.37 bits per heavy atom. The number of alkyl halides is 2. The molecular formula is C12H15Cl2N5. The number of hydrogen-bond acceptors (Lipinski definition) is 4. The summed E-state index contributed by atoms with van der Waals surface area (Å²) in [6, 6.07) is 0. The summed E-state index contributed by atoms with van der Waals surface area (Å²) in [5.74, 6) is 0.710. The van der Waals surface area contributed by atoms with Crippen molar-refractivity contribution in [3.05, 3.63) is 24.3 Å². The van der Waals surface area contributed by atoms with E-state index < -0.39 is 4.84 Å². The van der Waals surface area contributed by atoms with E-state index in [0.29, 0.717) is 18.9 Å². The number of allylic oxidation sites excluding steroid dienone is 1. The Bertz CT molecular complexity index is 587. The quantitative estimate of drug-likeness (QED) is 0.681. The number of fused-ring (bicyclic) bond motifs is 1. The lowest BCUT2D eigenvalue weighted by molar-refractivity contribution is 0.757. The fourth-order valence-electron chi connectivity index (χ4n) is 1.64. The fourth-order valence-corrected chi connectivity index (χ4v) is 1.94. The molecule has 0 bridgehead atoms. The van der Waals surface area contributed by atoms with Gasteiger partial charge in [0, 0.05) is 6.54 Å². The summed E-state index contributed by atoms with van der Waals surface area (Å²) in [5.41, 5.74) is 2.69. The molecule has 19 heavy (non-hydrogen) atoms. The van der Waals surface area contributed by atoms with Crippen molar-refractivity contribution < 1.29 is 0 Å². The smallest absolute Gasteiger partial charge is 0.165 e. The van der Waals surface area contributed by atoms with Crippen LogP contribution in [-0.2, 0) is 6.54 Å². The highest BCUT2D eigenvalue weighted by Crippen LogP contribution is 2.18. The summed E-state index contributed by atoms with van der Waals surface area (Å²) in [6.45, 7) is 5.25. The van der Waals surface area contributed by atoms with Gasteiger partial charge < -0.3 is 9.88 Å². The van der Waals surface area contributed by atoms with Gasteiger partial charge in [0.2, 0.25) is 0 Å². The number of hydrogen-bond donors (Lipinski definition) is 1. The molecule has 0 aliphatic heterocycles. The predicted molar refractivity (Wildman–Crippen MR) is 78.7 cm³/mol. The monoisotopic (exact) mass is 299 g/mol. The van der Waals surface area contributed by atoms with Gasteiger partial charge in [-0.05, 0) is 13.8 Å². The number of imidazole rings is 1. The minimum atomic E-state index is -0.491. The second kappa shape index (κ2) is 6.21. The number of halogens is 2. The first-order valence-electron chi connectivity index (χ1n) is 5.89. The molecule has 0 aromatic carbocycles. The summed E-state index contributed by atoms with van der Waals surface area (Å²) in [6.07, 6.45) is 5.25. The lowest BCUT2D eigenvalue weighted by Gasteiger charge is -2.05. The molecule has 2 rings (SSSR count). The molecule has 0 spiro atoms. The van der Waals surface area contributed by atoms with Crippen LogP contribution in [0.4, 0.5) is 5.82 Å². The van der Waals surface area contributed by atoms with Crippen molar-refractivity contribution in [1.29, 1.82) is 0 Å². The van der Waals surface area contributed by atoms with Crippen LogP contribution in [0, 0.1) is 0 Å². The zero-order valence-electron chi connectivity index (χ0n) is 10.8. The van der Waals surface area contributed by atoms with Gasteiger partial charge in [0.25, 0.3) is 0 Å². The van der Waals surface area contributed by atoms with E-state index in [0.717, 1.165) is 11.2 Å². The van der Waals surface area contributed by atoms with Gasteiger partial charge in [-0.3, -0.25) is 0 Å². The predicted octanol–water partition coefficient (Wildman–Crippen LogP) is 3.01. The van der Waals surface area contributed by atoms with Gasteiger partial charge in [0.15, 0.2) is 11.5 Å². The second-order valence-electron chi connectivity index (χ2n) is 4.34. The molecule has 0 saturated carbocycles. The van der Waals surface area contributed by atoms with Gasteiger partial charge in [0.05, 0.1) is 12.9 Å². The van der Waals surface area contributed by atoms with Crippen LogP contribution in [-0.4, -0.2) is 30.9 Å². The highest BCUT2D eigenvalue weighted by molar-refractivity contribution is 6.44. The third kappa shape index (κ3) is 3.58. The maximum atomic E-state index is 5.78. The first-order chi connectivity index (χ1) is 9.08. The highest BCUT2D eigenvalue weighted by atomic mass is 35.5. The van der Waals surface area contributed by atoms with Gasteiger partial charge >= 0.3 is 0 Å². The Morgan fingerprint density at radius 2 is 2.16 bits per heavy atom. The van der Waals surface area contributed by atoms with Crippen LogP contribution < -0.4 is 5.32 Å². The molecule has 0 aliphatic rings. The van der Waals surface area contributed by atoms with E-state index in [1.807, 2.05) is 18.4 Å². The molecule has 102 valence electrons. The summed E-state index contributed by atoms with van der Waals surface area (Å²) in [5, 5.41) is 3.22. The summed E-state index contributed by atoms with van der Waals surface area (Å²) in [7, 11) is 0. The normalized spacial score (nSPS) is 11.0. The van der Waals surface area contributed by atoms with Gasteiger partial charge in [-0.1, -0.05) is 11.6 Å². The van der Waals surface area contributed by atoms with E-state index in [9.17, 15) is 0 Å². The van der Waals surface area contributed by atoms with E-state index in [1.54, 1.807) is 6.33 Å². The van der Waals surface area contributed by atoms with Crippen molar-refractivity contribution in [2.24, 2.45) is 0 Å². The molecule has 0 atom stereocenters. The third-order valence-corrected chi connectivity index (χ3v) is 2.79. The molecule has 2 aromatic heterocycles. The largest absolute Gasteiger partial charge is 0.365 e. The summed E-state index contributed by atoms with van der Waals surface area (Å²) in [4.78, 5) is 12.2. The number of nitrogens with zero attached hydrogens (tertiary/aromatic N) is 4. The first-order valence-corrected chi connectivity index (χ1v) is 6.76. The van der Waals surface area contributed by atoms with Gasteiger partial charge in [-0.15, -0.1) is 23.2 Å². The van der Waals surface area contributed by atoms with E-state index in [4.69, 9.17) is 23.2 Å². The van der Waals surface area contributed by atoms with Crippen molar-refractivity contribution in [2.75, 3.05) is 11.9 Å². The Kier molecular flexibility index (Phi) is 4.61. The Balaban J connectivity index is 2.26. The Labute approximate surface area is 121 Å². The SMILES string of the molecule is CC(C)=CCNc1ncnc2c1ncn2CC(Cl)Cl. The van der Waals surface area contributed by atoms with Gasteiger partial charge in [-0.25, -0.2) is 15.0 Å². The molecule has 2 aromatic rings. The maximum Gasteiger partial charge on any atom is 0.165 e. The average Bonchev–Trinajstić information content (AvgIpc) is 2.72. The van der Waals surface area contributed by atoms with Crippen molar-refractivity contribution in [1.82, 2.24) is 19.5 Å². The third-order valence-electron chi connectivity index (χ3n) is 2.52. The minimum absolute atomic E-state index is 0.448. The molecule has 0 radical (unpaired) electrons. The second-order valence-corrected chi connectivity index (χ2v) is 5.62. The van der Waals surface area contributed by atoms with Crippen LogP contribution in [0.1, 0.15) is 13.8 Å². The number of nitrogens with one attached hydrogen (secondary N) is 1. The van der Waals surface area contributed by atoms with E-state index in [-0.39, 0.29) is 0 Å². The van der Waals surface area contributed by atoms with Crippen LogP contribution in [0.2, 0.25) is 0 Å². The van der Waals surface area contributed by atoms with Crippen molar-refractivity contribution >= 4 is 40.2 Å². The molecule has 0 fully saturated rings. The van der Waals surface area contributed by atoms with E-state index in [2.05, 4.69) is 26.3 Å². The van der Waals surface area contributed by atoms with E-state index in [1.165, 1.54) is 11.9 Å². The van der Waals surface area contributed by atoms with Crippen molar-refractivity contribution in [2.45, 2.75) is 25.2 Å². The lowest BCUT2D eigenvalue weighted by Crippen LogP contribution is -2.06. The zero-order chi connectivity index (χ0) is 13.8. The first kappa shape index (κ1) is 14.1. The Morgan fingerprint density at radius 3 is 2.84 bits per heavy atom. The summed E-state index contributed by atoms with van der Waals surface area (Å²) < 4.78 is 1.81. The summed E-state index contributed by atoms with van der Waals surface area (Å²) >= 11 is 11.6. The zero-order valence-corrected chi connectivity index (χ0v) is 12.3. The van der Waals surface area contributed by atoms with E-state index >= 15 is 0 Å². The molecule has 0 saturated heterocycles. The topological polar surface area (TPSA) is 55.6 Å². The van der Waals surface area contributed by atoms with Crippen molar-refractivity contribution in [3.63, 3.8) is 0 Å². The number of rotatable bonds is 5. The maximum absolute atomic E-state index is 5.78.